The van der Waals surface area contributed by atoms with Crippen molar-refractivity contribution in [2.24, 2.45) is 0 Å². The largest absolute Gasteiger partial charge is 0.495 e. The van der Waals surface area contributed by atoms with Gasteiger partial charge in [-0.1, -0.05) is 12.1 Å². The van der Waals surface area contributed by atoms with Gasteiger partial charge in [-0.15, -0.1) is 0 Å². The quantitative estimate of drug-likeness (QED) is 0.859. The van der Waals surface area contributed by atoms with E-state index in [1.807, 2.05) is 19.9 Å². The molecule has 2 aromatic rings. The smallest absolute Gasteiger partial charge is 0.214 e. The van der Waals surface area contributed by atoms with Crippen molar-refractivity contribution in [2.75, 3.05) is 18.6 Å². The fourth-order valence-corrected chi connectivity index (χ4v) is 2.79. The van der Waals surface area contributed by atoms with Crippen molar-refractivity contribution in [2.45, 2.75) is 33.2 Å². The van der Waals surface area contributed by atoms with Crippen molar-refractivity contribution in [3.05, 3.63) is 41.1 Å². The second kappa shape index (κ2) is 5.19. The van der Waals surface area contributed by atoms with Crippen LogP contribution in [0, 0.1) is 13.8 Å². The van der Waals surface area contributed by atoms with Gasteiger partial charge in [-0.3, -0.25) is 0 Å². The number of aromatic nitrogens is 1. The van der Waals surface area contributed by atoms with Crippen LogP contribution >= 0.6 is 0 Å². The number of fused-ring (bicyclic) bond motifs is 1. The summed E-state index contributed by atoms with van der Waals surface area (Å²) in [5.41, 5.74) is 3.50. The molecule has 4 nitrogen and oxygen atoms in total. The highest BCUT2D eigenvalue weighted by Crippen LogP contribution is 2.36. The molecule has 4 heteroatoms. The molecule has 1 aliphatic heterocycles. The first-order chi connectivity index (χ1) is 9.69. The van der Waals surface area contributed by atoms with Crippen molar-refractivity contribution in [1.29, 1.82) is 0 Å². The maximum atomic E-state index is 5.71. The molecule has 2 heterocycles. The maximum Gasteiger partial charge on any atom is 0.214 e. The molecule has 0 fully saturated rings. The summed E-state index contributed by atoms with van der Waals surface area (Å²) in [4.78, 5) is 6.79. The number of oxazole rings is 1. The lowest BCUT2D eigenvalue weighted by molar-refractivity contribution is 0.409. The van der Waals surface area contributed by atoms with E-state index >= 15 is 0 Å². The summed E-state index contributed by atoms with van der Waals surface area (Å²) in [5.74, 6) is 2.61. The number of hydrogen-bond donors (Lipinski definition) is 0. The van der Waals surface area contributed by atoms with Crippen LogP contribution in [0.2, 0.25) is 0 Å². The molecule has 0 amide bonds. The van der Waals surface area contributed by atoms with Crippen molar-refractivity contribution < 1.29 is 9.15 Å². The molecule has 1 aromatic heterocycles. The number of aryl methyl sites for hydroxylation is 3. The summed E-state index contributed by atoms with van der Waals surface area (Å²) < 4.78 is 11.2. The highest BCUT2D eigenvalue weighted by Gasteiger charge is 2.22. The molecule has 0 atom stereocenters. The van der Waals surface area contributed by atoms with Crippen LogP contribution in [0.1, 0.15) is 29.3 Å². The summed E-state index contributed by atoms with van der Waals surface area (Å²) in [6.45, 7) is 5.64. The van der Waals surface area contributed by atoms with Gasteiger partial charge in [0.05, 0.1) is 25.0 Å². The van der Waals surface area contributed by atoms with E-state index in [4.69, 9.17) is 9.15 Å². The number of methoxy groups -OCH3 is 1. The van der Waals surface area contributed by atoms with Crippen molar-refractivity contribution >= 4 is 5.69 Å². The zero-order chi connectivity index (χ0) is 14.1. The van der Waals surface area contributed by atoms with E-state index < -0.39 is 0 Å². The highest BCUT2D eigenvalue weighted by molar-refractivity contribution is 5.65. The molecular weight excluding hydrogens is 252 g/mol. The Labute approximate surface area is 119 Å². The summed E-state index contributed by atoms with van der Waals surface area (Å²) in [6, 6.07) is 6.25. The van der Waals surface area contributed by atoms with Crippen molar-refractivity contribution in [3.8, 4) is 5.75 Å². The molecule has 0 spiro atoms. The van der Waals surface area contributed by atoms with Crippen molar-refractivity contribution in [3.63, 3.8) is 0 Å². The van der Waals surface area contributed by atoms with Gasteiger partial charge in [-0.25, -0.2) is 4.98 Å². The molecule has 0 bridgehead atoms. The minimum atomic E-state index is 0.696. The minimum absolute atomic E-state index is 0.696. The zero-order valence-corrected chi connectivity index (χ0v) is 12.3. The Morgan fingerprint density at radius 3 is 2.90 bits per heavy atom. The molecule has 1 aromatic carbocycles. The van der Waals surface area contributed by atoms with E-state index in [1.165, 1.54) is 11.3 Å². The summed E-state index contributed by atoms with van der Waals surface area (Å²) in [7, 11) is 1.72. The third kappa shape index (κ3) is 2.26. The third-order valence-corrected chi connectivity index (χ3v) is 3.89. The van der Waals surface area contributed by atoms with E-state index in [1.54, 1.807) is 7.11 Å². The molecule has 0 N–H and O–H groups in total. The van der Waals surface area contributed by atoms with Gasteiger partial charge in [0.25, 0.3) is 0 Å². The normalized spacial score (nSPS) is 14.2. The zero-order valence-electron chi connectivity index (χ0n) is 12.3. The van der Waals surface area contributed by atoms with Gasteiger partial charge in [0.1, 0.15) is 11.5 Å². The lowest BCUT2D eigenvalue weighted by Gasteiger charge is -2.31. The van der Waals surface area contributed by atoms with Crippen LogP contribution in [0.3, 0.4) is 0 Å². The predicted molar refractivity (Wildman–Crippen MR) is 78.3 cm³/mol. The first kappa shape index (κ1) is 13.0. The van der Waals surface area contributed by atoms with Gasteiger partial charge in [-0.2, -0.15) is 0 Å². The Hall–Kier alpha value is -1.97. The lowest BCUT2D eigenvalue weighted by Crippen LogP contribution is -2.29. The average molecular weight is 272 g/mol. The van der Waals surface area contributed by atoms with Crippen LogP contribution in [-0.4, -0.2) is 18.6 Å². The number of nitrogens with zero attached hydrogens (tertiary/aromatic N) is 2. The van der Waals surface area contributed by atoms with Crippen LogP contribution in [0.4, 0.5) is 5.69 Å². The minimum Gasteiger partial charge on any atom is -0.495 e. The first-order valence-electron chi connectivity index (χ1n) is 7.03. The highest BCUT2D eigenvalue weighted by atomic mass is 16.5. The Kier molecular flexibility index (Phi) is 3.38. The SMILES string of the molecule is COc1cccc2c1N(Cc1nc(C)c(C)o1)CCC2. The van der Waals surface area contributed by atoms with Gasteiger partial charge < -0.3 is 14.1 Å². The Morgan fingerprint density at radius 1 is 1.35 bits per heavy atom. The number of rotatable bonds is 3. The van der Waals surface area contributed by atoms with E-state index in [2.05, 4.69) is 22.0 Å². The Bertz CT molecular complexity index is 585. The van der Waals surface area contributed by atoms with Gasteiger partial charge in [0.2, 0.25) is 5.89 Å². The molecule has 0 aliphatic carbocycles. The van der Waals surface area contributed by atoms with Crippen LogP contribution in [0.5, 0.6) is 5.75 Å². The predicted octanol–water partition coefficient (Wildman–Crippen LogP) is 3.25. The molecule has 3 rings (SSSR count). The topological polar surface area (TPSA) is 38.5 Å². The van der Waals surface area contributed by atoms with Gasteiger partial charge >= 0.3 is 0 Å². The summed E-state index contributed by atoms with van der Waals surface area (Å²) in [6.07, 6.45) is 2.26. The van der Waals surface area contributed by atoms with Gasteiger partial charge in [0, 0.05) is 6.54 Å². The molecule has 20 heavy (non-hydrogen) atoms. The Balaban J connectivity index is 1.93. The van der Waals surface area contributed by atoms with Crippen LogP contribution in [-0.2, 0) is 13.0 Å². The van der Waals surface area contributed by atoms with Crippen LogP contribution in [0.25, 0.3) is 0 Å². The van der Waals surface area contributed by atoms with E-state index in [0.717, 1.165) is 42.5 Å². The monoisotopic (exact) mass is 272 g/mol. The molecule has 0 saturated heterocycles. The number of anilines is 1. The molecule has 0 unspecified atom stereocenters. The second-order valence-electron chi connectivity index (χ2n) is 5.24. The first-order valence-corrected chi connectivity index (χ1v) is 7.03. The fraction of sp³-hybridized carbons (Fsp3) is 0.438. The van der Waals surface area contributed by atoms with Gasteiger partial charge in [-0.05, 0) is 38.3 Å². The maximum absolute atomic E-state index is 5.71. The third-order valence-electron chi connectivity index (χ3n) is 3.89. The standard InChI is InChI=1S/C16H20N2O2/c1-11-12(2)20-15(17-11)10-18-9-5-7-13-6-4-8-14(19-3)16(13)18/h4,6,8H,5,7,9-10H2,1-3H3. The van der Waals surface area contributed by atoms with E-state index in [9.17, 15) is 0 Å². The molecule has 106 valence electrons. The lowest BCUT2D eigenvalue weighted by atomic mass is 10.0. The average Bonchev–Trinajstić information content (AvgIpc) is 2.77. The number of para-hydroxylation sites is 1. The van der Waals surface area contributed by atoms with Crippen molar-refractivity contribution in [1.82, 2.24) is 4.98 Å². The number of benzene rings is 1. The summed E-state index contributed by atoms with van der Waals surface area (Å²) in [5, 5.41) is 0. The fourth-order valence-electron chi connectivity index (χ4n) is 2.79. The van der Waals surface area contributed by atoms with Gasteiger partial charge in [0.15, 0.2) is 0 Å². The number of ether oxygens (including phenoxy) is 1. The second-order valence-corrected chi connectivity index (χ2v) is 5.24. The molecule has 0 radical (unpaired) electrons. The van der Waals surface area contributed by atoms with E-state index in [0.29, 0.717) is 6.54 Å². The number of hydrogen-bond acceptors (Lipinski definition) is 4. The molecular formula is C16H20N2O2. The Morgan fingerprint density at radius 2 is 2.20 bits per heavy atom. The van der Waals surface area contributed by atoms with Crippen LogP contribution in [0.15, 0.2) is 22.6 Å². The van der Waals surface area contributed by atoms with E-state index in [-0.39, 0.29) is 0 Å². The summed E-state index contributed by atoms with van der Waals surface area (Å²) >= 11 is 0. The molecule has 0 saturated carbocycles. The van der Waals surface area contributed by atoms with Crippen LogP contribution < -0.4 is 9.64 Å². The molecule has 1 aliphatic rings.